The van der Waals surface area contributed by atoms with Crippen LogP contribution in [0.3, 0.4) is 0 Å². The number of nitrogens with one attached hydrogen (secondary N) is 1. The highest BCUT2D eigenvalue weighted by Gasteiger charge is 2.15. The second kappa shape index (κ2) is 8.31. The number of aryl methyl sites for hydroxylation is 1. The van der Waals surface area contributed by atoms with E-state index in [1.165, 1.54) is 0 Å². The smallest absolute Gasteiger partial charge is 0.252 e. The fraction of sp³-hybridized carbons (Fsp3) is 0.167. The predicted molar refractivity (Wildman–Crippen MR) is 94.0 cm³/mol. The molecule has 0 aliphatic heterocycles. The van der Waals surface area contributed by atoms with Crippen molar-refractivity contribution in [3.63, 3.8) is 0 Å². The van der Waals surface area contributed by atoms with Gasteiger partial charge in [0.2, 0.25) is 11.0 Å². The van der Waals surface area contributed by atoms with Gasteiger partial charge < -0.3 is 11.1 Å². The van der Waals surface area contributed by atoms with Gasteiger partial charge in [0.25, 0.3) is 5.91 Å². The van der Waals surface area contributed by atoms with Crippen molar-refractivity contribution in [3.8, 4) is 0 Å². The molecule has 3 N–H and O–H groups in total. The SMILES string of the molecule is Cc1cccc(C(=O)Sc2ccccc2C(=O)NCCC(N)=O)c1. The lowest BCUT2D eigenvalue weighted by atomic mass is 10.2. The Morgan fingerprint density at radius 2 is 1.83 bits per heavy atom. The largest absolute Gasteiger partial charge is 0.370 e. The van der Waals surface area contributed by atoms with Crippen LogP contribution in [0.1, 0.15) is 32.7 Å². The molecule has 2 amide bonds. The molecule has 0 spiro atoms. The molecule has 6 heteroatoms. The van der Waals surface area contributed by atoms with Crippen molar-refractivity contribution in [1.29, 1.82) is 0 Å². The predicted octanol–water partition coefficient (Wildman–Crippen LogP) is 2.53. The zero-order chi connectivity index (χ0) is 17.5. The van der Waals surface area contributed by atoms with Crippen molar-refractivity contribution in [3.05, 3.63) is 65.2 Å². The Bertz CT molecular complexity index is 774. The Labute approximate surface area is 144 Å². The molecule has 0 aromatic heterocycles. The van der Waals surface area contributed by atoms with Gasteiger partial charge in [0.05, 0.1) is 5.56 Å². The molecule has 2 aromatic carbocycles. The first kappa shape index (κ1) is 17.7. The Morgan fingerprint density at radius 3 is 2.54 bits per heavy atom. The molecule has 0 atom stereocenters. The van der Waals surface area contributed by atoms with Gasteiger partial charge in [-0.15, -0.1) is 0 Å². The van der Waals surface area contributed by atoms with E-state index in [0.29, 0.717) is 16.0 Å². The van der Waals surface area contributed by atoms with Crippen molar-refractivity contribution >= 4 is 28.7 Å². The standard InChI is InChI=1S/C18H18N2O3S/c1-12-5-4-6-13(11-12)18(23)24-15-8-3-2-7-14(15)17(22)20-10-9-16(19)21/h2-8,11H,9-10H2,1H3,(H2,19,21)(H,20,22). The van der Waals surface area contributed by atoms with Crippen molar-refractivity contribution in [2.75, 3.05) is 6.54 Å². The van der Waals surface area contributed by atoms with Crippen LogP contribution in [0.25, 0.3) is 0 Å². The maximum Gasteiger partial charge on any atom is 0.252 e. The summed E-state index contributed by atoms with van der Waals surface area (Å²) >= 11 is 1.01. The Balaban J connectivity index is 2.12. The van der Waals surface area contributed by atoms with Gasteiger partial charge in [-0.1, -0.05) is 35.9 Å². The van der Waals surface area contributed by atoms with E-state index in [9.17, 15) is 14.4 Å². The zero-order valence-corrected chi connectivity index (χ0v) is 14.1. The topological polar surface area (TPSA) is 89.3 Å². The molecule has 0 unspecified atom stereocenters. The minimum atomic E-state index is -0.479. The van der Waals surface area contributed by atoms with E-state index < -0.39 is 5.91 Å². The van der Waals surface area contributed by atoms with Crippen molar-refractivity contribution in [2.45, 2.75) is 18.2 Å². The molecular weight excluding hydrogens is 324 g/mol. The molecule has 0 heterocycles. The molecule has 24 heavy (non-hydrogen) atoms. The molecular formula is C18H18N2O3S. The lowest BCUT2D eigenvalue weighted by molar-refractivity contribution is -0.117. The minimum absolute atomic E-state index is 0.0727. The van der Waals surface area contributed by atoms with Gasteiger partial charge >= 0.3 is 0 Å². The first-order valence-corrected chi connectivity index (χ1v) is 8.23. The van der Waals surface area contributed by atoms with Gasteiger partial charge in [-0.05, 0) is 36.9 Å². The number of rotatable bonds is 6. The van der Waals surface area contributed by atoms with Crippen molar-refractivity contribution < 1.29 is 14.4 Å². The van der Waals surface area contributed by atoms with Crippen LogP contribution < -0.4 is 11.1 Å². The molecule has 0 fully saturated rings. The highest BCUT2D eigenvalue weighted by atomic mass is 32.2. The Kier molecular flexibility index (Phi) is 6.14. The average Bonchev–Trinajstić information content (AvgIpc) is 2.55. The summed E-state index contributed by atoms with van der Waals surface area (Å²) in [6.07, 6.45) is 0.0727. The van der Waals surface area contributed by atoms with Gasteiger partial charge in [-0.3, -0.25) is 14.4 Å². The fourth-order valence-electron chi connectivity index (χ4n) is 2.07. The number of carbonyl (C=O) groups excluding carboxylic acids is 3. The van der Waals surface area contributed by atoms with E-state index in [0.717, 1.165) is 17.3 Å². The lowest BCUT2D eigenvalue weighted by Crippen LogP contribution is -2.28. The van der Waals surface area contributed by atoms with Crippen molar-refractivity contribution in [1.82, 2.24) is 5.32 Å². The van der Waals surface area contributed by atoms with Gasteiger partial charge in [0, 0.05) is 23.4 Å². The van der Waals surface area contributed by atoms with Gasteiger partial charge in [0.15, 0.2) is 0 Å². The quantitative estimate of drug-likeness (QED) is 0.790. The highest BCUT2D eigenvalue weighted by molar-refractivity contribution is 8.14. The minimum Gasteiger partial charge on any atom is -0.370 e. The number of amides is 2. The second-order valence-corrected chi connectivity index (χ2v) is 6.24. The summed E-state index contributed by atoms with van der Waals surface area (Å²) in [5.74, 6) is -0.816. The maximum absolute atomic E-state index is 12.4. The number of nitrogens with two attached hydrogens (primary N) is 1. The summed E-state index contributed by atoms with van der Waals surface area (Å²) in [6.45, 7) is 2.08. The molecule has 0 radical (unpaired) electrons. The molecule has 0 aliphatic rings. The summed E-state index contributed by atoms with van der Waals surface area (Å²) in [4.78, 5) is 36.0. The Morgan fingerprint density at radius 1 is 1.08 bits per heavy atom. The molecule has 2 rings (SSSR count). The number of primary amides is 1. The molecule has 124 valence electrons. The number of carbonyl (C=O) groups is 3. The number of thioether (sulfide) groups is 1. The van der Waals surface area contributed by atoms with Crippen LogP contribution >= 0.6 is 11.8 Å². The van der Waals surface area contributed by atoms with E-state index in [2.05, 4.69) is 5.32 Å². The summed E-state index contributed by atoms with van der Waals surface area (Å²) < 4.78 is 0. The lowest BCUT2D eigenvalue weighted by Gasteiger charge is -2.09. The summed E-state index contributed by atoms with van der Waals surface area (Å²) in [7, 11) is 0. The molecule has 5 nitrogen and oxygen atoms in total. The van der Waals surface area contributed by atoms with Crippen LogP contribution in [-0.4, -0.2) is 23.5 Å². The van der Waals surface area contributed by atoms with Crippen LogP contribution in [0.2, 0.25) is 0 Å². The molecule has 2 aromatic rings. The van der Waals surface area contributed by atoms with Crippen LogP contribution in [0.4, 0.5) is 0 Å². The Hall–Kier alpha value is -2.60. The van der Waals surface area contributed by atoms with Crippen LogP contribution in [0.5, 0.6) is 0 Å². The average molecular weight is 342 g/mol. The fourth-order valence-corrected chi connectivity index (χ4v) is 2.93. The van der Waals surface area contributed by atoms with Crippen LogP contribution in [0.15, 0.2) is 53.4 Å². The van der Waals surface area contributed by atoms with E-state index >= 15 is 0 Å². The highest BCUT2D eigenvalue weighted by Crippen LogP contribution is 2.26. The van der Waals surface area contributed by atoms with Crippen molar-refractivity contribution in [2.24, 2.45) is 5.73 Å². The number of benzene rings is 2. The third-order valence-corrected chi connectivity index (χ3v) is 4.24. The molecule has 0 aliphatic carbocycles. The van der Waals surface area contributed by atoms with E-state index in [1.807, 2.05) is 25.1 Å². The third-order valence-electron chi connectivity index (χ3n) is 3.25. The van der Waals surface area contributed by atoms with Gasteiger partial charge in [0.1, 0.15) is 0 Å². The third kappa shape index (κ3) is 4.96. The van der Waals surface area contributed by atoms with E-state index in [-0.39, 0.29) is 24.0 Å². The number of hydrogen-bond acceptors (Lipinski definition) is 4. The monoisotopic (exact) mass is 342 g/mol. The second-order valence-electron chi connectivity index (χ2n) is 5.23. The molecule has 0 saturated heterocycles. The number of hydrogen-bond donors (Lipinski definition) is 2. The molecule has 0 saturated carbocycles. The van der Waals surface area contributed by atoms with E-state index in [1.54, 1.807) is 30.3 Å². The summed E-state index contributed by atoms with van der Waals surface area (Å²) in [5, 5.41) is 2.50. The first-order chi connectivity index (χ1) is 11.5. The van der Waals surface area contributed by atoms with Gasteiger partial charge in [-0.25, -0.2) is 0 Å². The van der Waals surface area contributed by atoms with Crippen LogP contribution in [0, 0.1) is 6.92 Å². The zero-order valence-electron chi connectivity index (χ0n) is 13.2. The summed E-state index contributed by atoms with van der Waals surface area (Å²) in [6, 6.07) is 14.2. The summed E-state index contributed by atoms with van der Waals surface area (Å²) in [5.41, 5.74) is 7.03. The van der Waals surface area contributed by atoms with E-state index in [4.69, 9.17) is 5.73 Å². The molecule has 0 bridgehead atoms. The maximum atomic E-state index is 12.4. The first-order valence-electron chi connectivity index (χ1n) is 7.42. The van der Waals surface area contributed by atoms with Crippen LogP contribution in [-0.2, 0) is 4.79 Å². The normalized spacial score (nSPS) is 10.2. The van der Waals surface area contributed by atoms with Gasteiger partial charge in [-0.2, -0.15) is 0 Å².